The van der Waals surface area contributed by atoms with Crippen molar-refractivity contribution in [3.8, 4) is 5.69 Å². The van der Waals surface area contributed by atoms with Gasteiger partial charge in [0, 0.05) is 26.2 Å². The Balaban J connectivity index is 1.48. The second-order valence-electron chi connectivity index (χ2n) is 7.50. The van der Waals surface area contributed by atoms with Crippen LogP contribution in [-0.2, 0) is 0 Å². The van der Waals surface area contributed by atoms with E-state index in [2.05, 4.69) is 5.10 Å². The van der Waals surface area contributed by atoms with Crippen LogP contribution in [0.1, 0.15) is 32.1 Å². The molecule has 1 aliphatic rings. The van der Waals surface area contributed by atoms with Crippen LogP contribution in [0.2, 0.25) is 5.02 Å². The Hall–Kier alpha value is -3.19. The van der Waals surface area contributed by atoms with Gasteiger partial charge in [0.2, 0.25) is 0 Å². The van der Waals surface area contributed by atoms with Gasteiger partial charge in [-0.15, -0.1) is 0 Å². The number of rotatable bonds is 3. The number of hydrogen-bond acceptors (Lipinski definition) is 3. The molecule has 2 heterocycles. The summed E-state index contributed by atoms with van der Waals surface area (Å²) < 4.78 is 15.0. The van der Waals surface area contributed by atoms with Crippen molar-refractivity contribution in [1.29, 1.82) is 0 Å². The lowest BCUT2D eigenvalue weighted by Crippen LogP contribution is -2.50. The van der Waals surface area contributed by atoms with Gasteiger partial charge in [0.25, 0.3) is 11.8 Å². The average molecular weight is 441 g/mol. The highest BCUT2D eigenvalue weighted by Crippen LogP contribution is 2.22. The highest BCUT2D eigenvalue weighted by molar-refractivity contribution is 6.33. The molecule has 4 rings (SSSR count). The summed E-state index contributed by atoms with van der Waals surface area (Å²) in [6.45, 7) is 5.27. The summed E-state index contributed by atoms with van der Waals surface area (Å²) in [6.07, 6.45) is 0. The first kappa shape index (κ1) is 21.1. The summed E-state index contributed by atoms with van der Waals surface area (Å²) in [4.78, 5) is 29.4. The van der Waals surface area contributed by atoms with Gasteiger partial charge in [-0.3, -0.25) is 9.59 Å². The van der Waals surface area contributed by atoms with Crippen molar-refractivity contribution >= 4 is 23.4 Å². The van der Waals surface area contributed by atoms with Crippen molar-refractivity contribution in [2.75, 3.05) is 26.2 Å². The maximum Gasteiger partial charge on any atom is 0.257 e. The number of aryl methyl sites for hydroxylation is 1. The lowest BCUT2D eigenvalue weighted by atomic mass is 10.1. The molecule has 0 atom stereocenters. The van der Waals surface area contributed by atoms with E-state index in [1.54, 1.807) is 14.5 Å². The monoisotopic (exact) mass is 440 g/mol. The van der Waals surface area contributed by atoms with Gasteiger partial charge in [0.05, 0.1) is 33.2 Å². The summed E-state index contributed by atoms with van der Waals surface area (Å²) in [5.41, 5.74) is 3.20. The summed E-state index contributed by atoms with van der Waals surface area (Å²) >= 11 is 6.03. The van der Waals surface area contributed by atoms with Crippen molar-refractivity contribution in [3.63, 3.8) is 0 Å². The number of halogens is 2. The highest BCUT2D eigenvalue weighted by atomic mass is 35.5. The second kappa shape index (κ2) is 8.51. The molecule has 2 amide bonds. The van der Waals surface area contributed by atoms with Crippen LogP contribution in [0.25, 0.3) is 5.69 Å². The molecule has 160 valence electrons. The first-order chi connectivity index (χ1) is 14.9. The normalized spacial score (nSPS) is 14.1. The molecule has 0 radical (unpaired) electrons. The SMILES string of the molecule is Cc1nn(-c2ccccc2)c(C)c1C(=O)N1CCN(C(=O)c2ccc(F)cc2Cl)CC1. The van der Waals surface area contributed by atoms with Gasteiger partial charge in [-0.05, 0) is 44.2 Å². The van der Waals surface area contributed by atoms with Crippen LogP contribution < -0.4 is 0 Å². The maximum atomic E-state index is 13.3. The molecule has 0 bridgehead atoms. The van der Waals surface area contributed by atoms with Crippen molar-refractivity contribution in [1.82, 2.24) is 19.6 Å². The Morgan fingerprint density at radius 1 is 0.935 bits per heavy atom. The van der Waals surface area contributed by atoms with Gasteiger partial charge in [0.15, 0.2) is 0 Å². The Labute approximate surface area is 184 Å². The van der Waals surface area contributed by atoms with E-state index in [0.717, 1.165) is 17.4 Å². The van der Waals surface area contributed by atoms with Gasteiger partial charge in [-0.2, -0.15) is 5.10 Å². The average Bonchev–Trinajstić information content (AvgIpc) is 3.07. The van der Waals surface area contributed by atoms with E-state index in [-0.39, 0.29) is 22.4 Å². The van der Waals surface area contributed by atoms with Crippen molar-refractivity contribution in [2.45, 2.75) is 13.8 Å². The first-order valence-electron chi connectivity index (χ1n) is 10.0. The highest BCUT2D eigenvalue weighted by Gasteiger charge is 2.29. The molecule has 2 aromatic carbocycles. The van der Waals surface area contributed by atoms with Crippen molar-refractivity contribution < 1.29 is 14.0 Å². The topological polar surface area (TPSA) is 58.4 Å². The fourth-order valence-electron chi connectivity index (χ4n) is 3.88. The molecule has 1 aromatic heterocycles. The fourth-order valence-corrected chi connectivity index (χ4v) is 4.12. The minimum absolute atomic E-state index is 0.0862. The van der Waals surface area contributed by atoms with Crippen LogP contribution in [0.15, 0.2) is 48.5 Å². The van der Waals surface area contributed by atoms with Crippen LogP contribution in [-0.4, -0.2) is 57.6 Å². The van der Waals surface area contributed by atoms with E-state index < -0.39 is 5.82 Å². The third-order valence-corrected chi connectivity index (χ3v) is 5.83. The fraction of sp³-hybridized carbons (Fsp3) is 0.261. The number of para-hydroxylation sites is 1. The smallest absolute Gasteiger partial charge is 0.257 e. The zero-order chi connectivity index (χ0) is 22.1. The Morgan fingerprint density at radius 2 is 1.55 bits per heavy atom. The number of carbonyl (C=O) groups excluding carboxylic acids is 2. The zero-order valence-corrected chi connectivity index (χ0v) is 18.1. The number of piperazine rings is 1. The van der Waals surface area contributed by atoms with Crippen LogP contribution in [0.4, 0.5) is 4.39 Å². The molecule has 1 saturated heterocycles. The summed E-state index contributed by atoms with van der Waals surface area (Å²) in [7, 11) is 0. The van der Waals surface area contributed by atoms with Gasteiger partial charge in [-0.25, -0.2) is 9.07 Å². The molecule has 0 aliphatic carbocycles. The quantitative estimate of drug-likeness (QED) is 0.621. The van der Waals surface area contributed by atoms with Crippen LogP contribution in [0.5, 0.6) is 0 Å². The van der Waals surface area contributed by atoms with E-state index in [1.165, 1.54) is 12.1 Å². The minimum atomic E-state index is -0.487. The van der Waals surface area contributed by atoms with E-state index in [1.807, 2.05) is 44.2 Å². The summed E-state index contributed by atoms with van der Waals surface area (Å²) in [5, 5.41) is 4.64. The van der Waals surface area contributed by atoms with E-state index in [4.69, 9.17) is 11.6 Å². The number of aromatic nitrogens is 2. The second-order valence-corrected chi connectivity index (χ2v) is 7.91. The Morgan fingerprint density at radius 3 is 2.16 bits per heavy atom. The lowest BCUT2D eigenvalue weighted by molar-refractivity contribution is 0.0534. The predicted molar refractivity (Wildman–Crippen MR) is 116 cm³/mol. The first-order valence-corrected chi connectivity index (χ1v) is 10.4. The molecule has 1 aliphatic heterocycles. The number of amides is 2. The summed E-state index contributed by atoms with van der Waals surface area (Å²) in [6, 6.07) is 13.4. The number of hydrogen-bond donors (Lipinski definition) is 0. The molecule has 1 fully saturated rings. The van der Waals surface area contributed by atoms with Crippen molar-refractivity contribution in [3.05, 3.63) is 81.9 Å². The van der Waals surface area contributed by atoms with Gasteiger partial charge >= 0.3 is 0 Å². The standard InChI is InChI=1S/C23H22ClFN4O2/c1-15-21(16(2)29(26-15)18-6-4-3-5-7-18)23(31)28-12-10-27(11-13-28)22(30)19-9-8-17(25)14-20(19)24/h3-9,14H,10-13H2,1-2H3. The van der Waals surface area contributed by atoms with Gasteiger partial charge in [0.1, 0.15) is 5.82 Å². The lowest BCUT2D eigenvalue weighted by Gasteiger charge is -2.35. The molecule has 31 heavy (non-hydrogen) atoms. The molecule has 0 spiro atoms. The molecular formula is C23H22ClFN4O2. The maximum absolute atomic E-state index is 13.3. The number of nitrogens with zero attached hydrogens (tertiary/aromatic N) is 4. The molecule has 8 heteroatoms. The Kier molecular flexibility index (Phi) is 5.78. The third kappa shape index (κ3) is 4.05. The van der Waals surface area contributed by atoms with Gasteiger partial charge < -0.3 is 9.80 Å². The molecule has 0 saturated carbocycles. The molecule has 6 nitrogen and oxygen atoms in total. The summed E-state index contributed by atoms with van der Waals surface area (Å²) in [5.74, 6) is -0.843. The molecule has 3 aromatic rings. The molecule has 0 unspecified atom stereocenters. The molecule has 0 N–H and O–H groups in total. The molecular weight excluding hydrogens is 419 g/mol. The van der Waals surface area contributed by atoms with E-state index in [9.17, 15) is 14.0 Å². The largest absolute Gasteiger partial charge is 0.335 e. The minimum Gasteiger partial charge on any atom is -0.335 e. The third-order valence-electron chi connectivity index (χ3n) is 5.52. The van der Waals surface area contributed by atoms with Crippen LogP contribution in [0, 0.1) is 19.7 Å². The predicted octanol–water partition coefficient (Wildman–Crippen LogP) is 3.88. The van der Waals surface area contributed by atoms with Crippen molar-refractivity contribution in [2.24, 2.45) is 0 Å². The number of benzene rings is 2. The Bertz CT molecular complexity index is 1140. The van der Waals surface area contributed by atoms with Crippen LogP contribution >= 0.6 is 11.6 Å². The van der Waals surface area contributed by atoms with E-state index in [0.29, 0.717) is 37.4 Å². The van der Waals surface area contributed by atoms with E-state index >= 15 is 0 Å². The zero-order valence-electron chi connectivity index (χ0n) is 17.3. The van der Waals surface area contributed by atoms with Crippen LogP contribution in [0.3, 0.4) is 0 Å². The number of carbonyl (C=O) groups is 2. The van der Waals surface area contributed by atoms with Gasteiger partial charge in [-0.1, -0.05) is 29.8 Å².